The van der Waals surface area contributed by atoms with Gasteiger partial charge in [-0.2, -0.15) is 0 Å². The summed E-state index contributed by atoms with van der Waals surface area (Å²) in [5, 5.41) is 11.8. The molecular formula is C14H25N3O4. The molecule has 2 unspecified atom stereocenters. The number of nitrogens with one attached hydrogen (secondary N) is 1. The molecule has 3 amide bonds. The van der Waals surface area contributed by atoms with Crippen molar-refractivity contribution in [1.82, 2.24) is 10.2 Å². The molecule has 1 heterocycles. The van der Waals surface area contributed by atoms with Crippen molar-refractivity contribution in [2.45, 2.75) is 46.1 Å². The van der Waals surface area contributed by atoms with Crippen LogP contribution in [-0.4, -0.2) is 47.0 Å². The Morgan fingerprint density at radius 1 is 1.38 bits per heavy atom. The average molecular weight is 299 g/mol. The Labute approximate surface area is 124 Å². The highest BCUT2D eigenvalue weighted by atomic mass is 16.4. The van der Waals surface area contributed by atoms with Crippen LogP contribution in [0.15, 0.2) is 0 Å². The maximum Gasteiger partial charge on any atom is 0.318 e. The highest BCUT2D eigenvalue weighted by molar-refractivity contribution is 5.86. The first-order chi connectivity index (χ1) is 9.61. The number of amides is 3. The van der Waals surface area contributed by atoms with E-state index in [2.05, 4.69) is 5.32 Å². The predicted molar refractivity (Wildman–Crippen MR) is 77.5 cm³/mol. The van der Waals surface area contributed by atoms with E-state index in [1.165, 1.54) is 4.90 Å². The minimum Gasteiger partial charge on any atom is -0.481 e. The maximum absolute atomic E-state index is 12.1. The molecule has 120 valence electrons. The molecule has 0 aromatic heterocycles. The Bertz CT molecular complexity index is 417. The second-order valence-corrected chi connectivity index (χ2v) is 6.74. The van der Waals surface area contributed by atoms with E-state index in [4.69, 9.17) is 5.73 Å². The van der Waals surface area contributed by atoms with E-state index in [1.807, 2.05) is 20.8 Å². The smallest absolute Gasteiger partial charge is 0.318 e. The highest BCUT2D eigenvalue weighted by Crippen LogP contribution is 2.24. The fourth-order valence-electron chi connectivity index (χ4n) is 2.60. The van der Waals surface area contributed by atoms with E-state index in [9.17, 15) is 19.5 Å². The molecular weight excluding hydrogens is 274 g/mol. The van der Waals surface area contributed by atoms with E-state index in [-0.39, 0.29) is 12.0 Å². The van der Waals surface area contributed by atoms with E-state index in [0.29, 0.717) is 19.4 Å². The molecule has 21 heavy (non-hydrogen) atoms. The Morgan fingerprint density at radius 2 is 2.00 bits per heavy atom. The predicted octanol–water partition coefficient (Wildman–Crippen LogP) is 0.783. The van der Waals surface area contributed by atoms with Crippen LogP contribution >= 0.6 is 0 Å². The van der Waals surface area contributed by atoms with E-state index >= 15 is 0 Å². The monoisotopic (exact) mass is 299 g/mol. The largest absolute Gasteiger partial charge is 0.481 e. The normalized spacial score (nSPS) is 20.1. The van der Waals surface area contributed by atoms with Gasteiger partial charge in [-0.3, -0.25) is 9.59 Å². The zero-order valence-electron chi connectivity index (χ0n) is 12.9. The topological polar surface area (TPSA) is 113 Å². The van der Waals surface area contributed by atoms with Gasteiger partial charge in [-0.25, -0.2) is 4.79 Å². The van der Waals surface area contributed by atoms with Gasteiger partial charge in [-0.05, 0) is 24.7 Å². The van der Waals surface area contributed by atoms with Crippen LogP contribution in [0.1, 0.15) is 40.0 Å². The summed E-state index contributed by atoms with van der Waals surface area (Å²) in [6.07, 6.45) is 1.75. The third-order valence-electron chi connectivity index (χ3n) is 3.55. The first kappa shape index (κ1) is 17.3. The number of carboxylic acids is 1. The molecule has 0 aromatic carbocycles. The third kappa shape index (κ3) is 5.24. The molecule has 0 radical (unpaired) electrons. The van der Waals surface area contributed by atoms with Crippen LogP contribution in [0.2, 0.25) is 0 Å². The number of hydrogen-bond acceptors (Lipinski definition) is 3. The van der Waals surface area contributed by atoms with Gasteiger partial charge >= 0.3 is 12.0 Å². The average Bonchev–Trinajstić information content (AvgIpc) is 2.81. The van der Waals surface area contributed by atoms with Crippen molar-refractivity contribution in [1.29, 1.82) is 0 Å². The van der Waals surface area contributed by atoms with Crippen molar-refractivity contribution < 1.29 is 19.5 Å². The van der Waals surface area contributed by atoms with Crippen LogP contribution in [0.5, 0.6) is 0 Å². The fourth-order valence-corrected chi connectivity index (χ4v) is 2.60. The number of urea groups is 1. The van der Waals surface area contributed by atoms with E-state index < -0.39 is 29.9 Å². The molecule has 7 nitrogen and oxygen atoms in total. The second kappa shape index (κ2) is 6.78. The van der Waals surface area contributed by atoms with E-state index in [0.717, 1.165) is 6.42 Å². The maximum atomic E-state index is 12.1. The lowest BCUT2D eigenvalue weighted by Gasteiger charge is -2.26. The zero-order chi connectivity index (χ0) is 16.2. The molecule has 0 saturated carbocycles. The van der Waals surface area contributed by atoms with Crippen LogP contribution in [0, 0.1) is 11.3 Å². The summed E-state index contributed by atoms with van der Waals surface area (Å²) in [5.41, 5.74) is 5.12. The number of nitrogens with zero attached hydrogens (tertiary/aromatic N) is 1. The molecule has 0 aromatic rings. The molecule has 2 atom stereocenters. The van der Waals surface area contributed by atoms with Gasteiger partial charge in [0.1, 0.15) is 6.04 Å². The number of hydrogen-bond donors (Lipinski definition) is 3. The molecule has 4 N–H and O–H groups in total. The summed E-state index contributed by atoms with van der Waals surface area (Å²) in [4.78, 5) is 36.0. The van der Waals surface area contributed by atoms with Gasteiger partial charge in [-0.1, -0.05) is 20.8 Å². The lowest BCUT2D eigenvalue weighted by atomic mass is 9.84. The zero-order valence-corrected chi connectivity index (χ0v) is 12.9. The lowest BCUT2D eigenvalue weighted by molar-refractivity contribution is -0.142. The molecule has 0 bridgehead atoms. The molecule has 1 aliphatic heterocycles. The second-order valence-electron chi connectivity index (χ2n) is 6.74. The molecule has 0 spiro atoms. The van der Waals surface area contributed by atoms with Gasteiger partial charge in [0, 0.05) is 13.1 Å². The fraction of sp³-hybridized carbons (Fsp3) is 0.786. The Hall–Kier alpha value is -1.79. The lowest BCUT2D eigenvalue weighted by Crippen LogP contribution is -2.49. The molecule has 7 heteroatoms. The van der Waals surface area contributed by atoms with Crippen molar-refractivity contribution in [2.75, 3.05) is 13.1 Å². The van der Waals surface area contributed by atoms with Gasteiger partial charge in [-0.15, -0.1) is 0 Å². The van der Waals surface area contributed by atoms with Crippen LogP contribution in [0.3, 0.4) is 0 Å². The number of rotatable bonds is 5. The number of carbonyl (C=O) groups excluding carboxylic acids is 2. The summed E-state index contributed by atoms with van der Waals surface area (Å²) < 4.78 is 0. The SMILES string of the molecule is CC(C)(C)CC(CNC(=O)N1CCCC1C(N)=O)C(=O)O. The summed E-state index contributed by atoms with van der Waals surface area (Å²) in [5.74, 6) is -2.10. The molecule has 1 rings (SSSR count). The van der Waals surface area contributed by atoms with Crippen LogP contribution < -0.4 is 11.1 Å². The van der Waals surface area contributed by atoms with Gasteiger partial charge in [0.25, 0.3) is 0 Å². The van der Waals surface area contributed by atoms with Gasteiger partial charge in [0.15, 0.2) is 0 Å². The Balaban J connectivity index is 2.57. The Morgan fingerprint density at radius 3 is 2.48 bits per heavy atom. The number of nitrogens with two attached hydrogens (primary N) is 1. The first-order valence-electron chi connectivity index (χ1n) is 7.18. The van der Waals surface area contributed by atoms with Crippen molar-refractivity contribution >= 4 is 17.9 Å². The van der Waals surface area contributed by atoms with Gasteiger partial charge < -0.3 is 21.1 Å². The minimum absolute atomic E-state index is 0.0490. The molecule has 0 aliphatic carbocycles. The summed E-state index contributed by atoms with van der Waals surface area (Å²) in [7, 11) is 0. The van der Waals surface area contributed by atoms with Gasteiger partial charge in [0.05, 0.1) is 5.92 Å². The summed E-state index contributed by atoms with van der Waals surface area (Å²) >= 11 is 0. The summed E-state index contributed by atoms with van der Waals surface area (Å²) in [6, 6.07) is -1.01. The number of primary amides is 1. The highest BCUT2D eigenvalue weighted by Gasteiger charge is 2.33. The van der Waals surface area contributed by atoms with Crippen molar-refractivity contribution in [2.24, 2.45) is 17.1 Å². The van der Waals surface area contributed by atoms with Crippen molar-refractivity contribution in [3.05, 3.63) is 0 Å². The molecule has 1 saturated heterocycles. The first-order valence-corrected chi connectivity index (χ1v) is 7.18. The third-order valence-corrected chi connectivity index (χ3v) is 3.55. The quantitative estimate of drug-likeness (QED) is 0.696. The minimum atomic E-state index is -0.932. The number of likely N-dealkylation sites (tertiary alicyclic amines) is 1. The number of carbonyl (C=O) groups is 3. The van der Waals surface area contributed by atoms with Crippen LogP contribution in [-0.2, 0) is 9.59 Å². The van der Waals surface area contributed by atoms with E-state index in [1.54, 1.807) is 0 Å². The summed E-state index contributed by atoms with van der Waals surface area (Å²) in [6.45, 7) is 6.38. The van der Waals surface area contributed by atoms with Crippen LogP contribution in [0.25, 0.3) is 0 Å². The molecule has 1 aliphatic rings. The molecule has 1 fully saturated rings. The number of aliphatic carboxylic acids is 1. The van der Waals surface area contributed by atoms with Crippen LogP contribution in [0.4, 0.5) is 4.79 Å². The Kier molecular flexibility index (Phi) is 5.57. The standard InChI is InChI=1S/C14H25N3O4/c1-14(2,3)7-9(12(19)20)8-16-13(21)17-6-4-5-10(17)11(15)18/h9-10H,4-8H2,1-3H3,(H2,15,18)(H,16,21)(H,19,20). The van der Waals surface area contributed by atoms with Gasteiger partial charge in [0.2, 0.25) is 5.91 Å². The number of carboxylic acid groups (broad SMARTS) is 1. The van der Waals surface area contributed by atoms with Crippen molar-refractivity contribution in [3.8, 4) is 0 Å². The van der Waals surface area contributed by atoms with Crippen molar-refractivity contribution in [3.63, 3.8) is 0 Å².